The van der Waals surface area contributed by atoms with E-state index in [-0.39, 0.29) is 5.82 Å². The van der Waals surface area contributed by atoms with Gasteiger partial charge in [0, 0.05) is 31.0 Å². The number of fused-ring (bicyclic) bond motifs is 1. The highest BCUT2D eigenvalue weighted by Gasteiger charge is 2.20. The van der Waals surface area contributed by atoms with E-state index in [1.807, 2.05) is 41.8 Å². The molecule has 2 aromatic heterocycles. The number of pyridine rings is 1. The lowest BCUT2D eigenvalue weighted by molar-refractivity contribution is 0.408. The Bertz CT molecular complexity index is 867. The average molecular weight is 339 g/mol. The first-order valence-electron chi connectivity index (χ1n) is 8.74. The second-order valence-electron chi connectivity index (χ2n) is 6.62. The molecule has 1 N–H and O–H groups in total. The molecule has 0 saturated carbocycles. The number of halogens is 1. The van der Waals surface area contributed by atoms with Gasteiger partial charge < -0.3 is 10.2 Å². The zero-order valence-corrected chi connectivity index (χ0v) is 14.3. The molecule has 0 radical (unpaired) electrons. The van der Waals surface area contributed by atoms with Gasteiger partial charge in [0.2, 0.25) is 0 Å². The number of hydrogen-bond donors (Lipinski definition) is 1. The van der Waals surface area contributed by atoms with Gasteiger partial charge in [0.1, 0.15) is 5.82 Å². The normalized spacial score (nSPS) is 15.8. The van der Waals surface area contributed by atoms with Gasteiger partial charge in [-0.15, -0.1) is 10.2 Å². The zero-order chi connectivity index (χ0) is 17.2. The molecule has 0 atom stereocenters. The van der Waals surface area contributed by atoms with E-state index in [0.717, 1.165) is 48.7 Å². The van der Waals surface area contributed by atoms with Gasteiger partial charge in [0.15, 0.2) is 11.5 Å². The maximum absolute atomic E-state index is 13.3. The van der Waals surface area contributed by atoms with Gasteiger partial charge in [0.05, 0.1) is 6.54 Å². The predicted octanol–water partition coefficient (Wildman–Crippen LogP) is 2.94. The van der Waals surface area contributed by atoms with Gasteiger partial charge in [-0.2, -0.15) is 0 Å². The second kappa shape index (κ2) is 6.80. The van der Waals surface area contributed by atoms with Gasteiger partial charge >= 0.3 is 0 Å². The number of hydrogen-bond acceptors (Lipinski definition) is 4. The van der Waals surface area contributed by atoms with Crippen LogP contribution in [-0.2, 0) is 6.54 Å². The molecule has 130 valence electrons. The van der Waals surface area contributed by atoms with E-state index in [2.05, 4.69) is 20.4 Å². The van der Waals surface area contributed by atoms with Crippen molar-refractivity contribution in [2.24, 2.45) is 0 Å². The van der Waals surface area contributed by atoms with Crippen molar-refractivity contribution in [2.75, 3.05) is 18.0 Å². The number of aryl methyl sites for hydroxylation is 1. The summed E-state index contributed by atoms with van der Waals surface area (Å²) in [7, 11) is 0. The Hall–Kier alpha value is -2.47. The molecule has 1 aromatic carbocycles. The summed E-state index contributed by atoms with van der Waals surface area (Å²) >= 11 is 0. The molecule has 0 spiro atoms. The van der Waals surface area contributed by atoms with Crippen molar-refractivity contribution in [3.05, 3.63) is 59.8 Å². The van der Waals surface area contributed by atoms with Crippen LogP contribution in [0.15, 0.2) is 42.6 Å². The minimum Gasteiger partial charge on any atom is -0.371 e. The largest absolute Gasteiger partial charge is 0.371 e. The molecule has 1 fully saturated rings. The molecule has 6 heteroatoms. The number of aromatic nitrogens is 3. The van der Waals surface area contributed by atoms with Crippen LogP contribution < -0.4 is 10.2 Å². The summed E-state index contributed by atoms with van der Waals surface area (Å²) in [6, 6.07) is 11.4. The van der Waals surface area contributed by atoms with E-state index in [1.54, 1.807) is 12.1 Å². The van der Waals surface area contributed by atoms with Crippen LogP contribution in [0.3, 0.4) is 0 Å². The molecule has 0 aliphatic carbocycles. The van der Waals surface area contributed by atoms with Crippen LogP contribution in [0.25, 0.3) is 5.65 Å². The van der Waals surface area contributed by atoms with Crippen molar-refractivity contribution in [1.82, 2.24) is 19.9 Å². The first-order chi connectivity index (χ1) is 12.2. The van der Waals surface area contributed by atoms with Gasteiger partial charge in [-0.05, 0) is 55.7 Å². The predicted molar refractivity (Wildman–Crippen MR) is 96.2 cm³/mol. The van der Waals surface area contributed by atoms with Gasteiger partial charge in [-0.1, -0.05) is 6.07 Å². The van der Waals surface area contributed by atoms with E-state index in [4.69, 9.17) is 0 Å². The quantitative estimate of drug-likeness (QED) is 0.794. The number of benzene rings is 1. The Labute approximate surface area is 146 Å². The van der Waals surface area contributed by atoms with Crippen molar-refractivity contribution in [3.8, 4) is 0 Å². The Balaban J connectivity index is 1.34. The Kier molecular flexibility index (Phi) is 4.36. The number of nitrogens with zero attached hydrogens (tertiary/aromatic N) is 4. The van der Waals surface area contributed by atoms with E-state index in [9.17, 15) is 4.39 Å². The molecular formula is C19H22FN5. The highest BCUT2D eigenvalue weighted by Crippen LogP contribution is 2.24. The monoisotopic (exact) mass is 339 g/mol. The Morgan fingerprint density at radius 2 is 2.00 bits per heavy atom. The number of rotatable bonds is 4. The SMILES string of the molecule is Cc1cc(F)ccc1N1CCC(NCc2nnc3ccccn23)CC1. The third kappa shape index (κ3) is 3.35. The van der Waals surface area contributed by atoms with Gasteiger partial charge in [-0.3, -0.25) is 4.40 Å². The average Bonchev–Trinajstić information content (AvgIpc) is 3.04. The summed E-state index contributed by atoms with van der Waals surface area (Å²) in [4.78, 5) is 2.35. The summed E-state index contributed by atoms with van der Waals surface area (Å²) in [5.74, 6) is 0.769. The molecule has 5 nitrogen and oxygen atoms in total. The maximum Gasteiger partial charge on any atom is 0.160 e. The van der Waals surface area contributed by atoms with Crippen LogP contribution >= 0.6 is 0 Å². The van der Waals surface area contributed by atoms with E-state index >= 15 is 0 Å². The zero-order valence-electron chi connectivity index (χ0n) is 14.3. The Morgan fingerprint density at radius 3 is 2.80 bits per heavy atom. The third-order valence-electron chi connectivity index (χ3n) is 4.93. The van der Waals surface area contributed by atoms with Crippen molar-refractivity contribution >= 4 is 11.3 Å². The summed E-state index contributed by atoms with van der Waals surface area (Å²) < 4.78 is 15.3. The second-order valence-corrected chi connectivity index (χ2v) is 6.62. The summed E-state index contributed by atoms with van der Waals surface area (Å²) in [6.45, 7) is 4.64. The highest BCUT2D eigenvalue weighted by molar-refractivity contribution is 5.53. The molecule has 0 unspecified atom stereocenters. The molecule has 0 bridgehead atoms. The third-order valence-corrected chi connectivity index (χ3v) is 4.93. The smallest absolute Gasteiger partial charge is 0.160 e. The fourth-order valence-electron chi connectivity index (χ4n) is 3.55. The lowest BCUT2D eigenvalue weighted by Gasteiger charge is -2.34. The molecule has 1 aliphatic rings. The van der Waals surface area contributed by atoms with Crippen molar-refractivity contribution in [1.29, 1.82) is 0 Å². The van der Waals surface area contributed by atoms with Crippen LogP contribution in [0.5, 0.6) is 0 Å². The minimum absolute atomic E-state index is 0.168. The molecular weight excluding hydrogens is 317 g/mol. The molecule has 1 aliphatic heterocycles. The van der Waals surface area contributed by atoms with Crippen LogP contribution in [-0.4, -0.2) is 33.7 Å². The van der Waals surface area contributed by atoms with Crippen molar-refractivity contribution in [3.63, 3.8) is 0 Å². The lowest BCUT2D eigenvalue weighted by atomic mass is 10.0. The number of piperidine rings is 1. The fourth-order valence-corrected chi connectivity index (χ4v) is 3.55. The van der Waals surface area contributed by atoms with Gasteiger partial charge in [0.25, 0.3) is 0 Å². The van der Waals surface area contributed by atoms with Crippen LogP contribution in [0.2, 0.25) is 0 Å². The standard InChI is InChI=1S/C19H22FN5/c1-14-12-15(20)5-6-17(14)24-10-7-16(8-11-24)21-13-19-23-22-18-4-2-3-9-25(18)19/h2-6,9,12,16,21H,7-8,10-11,13H2,1H3. The first kappa shape index (κ1) is 16.0. The highest BCUT2D eigenvalue weighted by atomic mass is 19.1. The van der Waals surface area contributed by atoms with Crippen molar-refractivity contribution < 1.29 is 4.39 Å². The Morgan fingerprint density at radius 1 is 1.16 bits per heavy atom. The van der Waals surface area contributed by atoms with Crippen LogP contribution in [0.1, 0.15) is 24.2 Å². The van der Waals surface area contributed by atoms with Crippen LogP contribution in [0, 0.1) is 12.7 Å². The van der Waals surface area contributed by atoms with Crippen molar-refractivity contribution in [2.45, 2.75) is 32.4 Å². The summed E-state index contributed by atoms with van der Waals surface area (Å²) in [5, 5.41) is 12.1. The lowest BCUT2D eigenvalue weighted by Crippen LogP contribution is -2.42. The molecule has 4 rings (SSSR count). The molecule has 0 amide bonds. The number of anilines is 1. The minimum atomic E-state index is -0.168. The fraction of sp³-hybridized carbons (Fsp3) is 0.368. The molecule has 25 heavy (non-hydrogen) atoms. The molecule has 3 heterocycles. The van der Waals surface area contributed by atoms with E-state index in [0.29, 0.717) is 12.6 Å². The van der Waals surface area contributed by atoms with E-state index < -0.39 is 0 Å². The summed E-state index contributed by atoms with van der Waals surface area (Å²) in [5.41, 5.74) is 3.02. The number of nitrogens with one attached hydrogen (secondary N) is 1. The van der Waals surface area contributed by atoms with E-state index in [1.165, 1.54) is 0 Å². The molecule has 1 saturated heterocycles. The van der Waals surface area contributed by atoms with Gasteiger partial charge in [-0.25, -0.2) is 4.39 Å². The topological polar surface area (TPSA) is 45.5 Å². The molecule has 3 aromatic rings. The first-order valence-corrected chi connectivity index (χ1v) is 8.74. The summed E-state index contributed by atoms with van der Waals surface area (Å²) in [6.07, 6.45) is 4.12. The maximum atomic E-state index is 13.3. The van der Waals surface area contributed by atoms with Crippen LogP contribution in [0.4, 0.5) is 10.1 Å².